The van der Waals surface area contributed by atoms with E-state index in [4.69, 9.17) is 5.11 Å². The van der Waals surface area contributed by atoms with Gasteiger partial charge in [0.05, 0.1) is 0 Å². The fourth-order valence-electron chi connectivity index (χ4n) is 1.33. The van der Waals surface area contributed by atoms with Crippen molar-refractivity contribution in [3.05, 3.63) is 34.3 Å². The Kier molecular flexibility index (Phi) is 4.42. The summed E-state index contributed by atoms with van der Waals surface area (Å²) in [4.78, 5) is 0. The van der Waals surface area contributed by atoms with Gasteiger partial charge in [0.25, 0.3) is 0 Å². The van der Waals surface area contributed by atoms with Crippen LogP contribution in [0.25, 0.3) is 0 Å². The van der Waals surface area contributed by atoms with Crippen molar-refractivity contribution in [3.8, 4) is 0 Å². The normalized spacial score (nSPS) is 12.8. The maximum absolute atomic E-state index is 8.85. The topological polar surface area (TPSA) is 32.3 Å². The van der Waals surface area contributed by atoms with E-state index in [2.05, 4.69) is 33.4 Å². The molecule has 0 saturated heterocycles. The summed E-state index contributed by atoms with van der Waals surface area (Å²) in [6, 6.07) is 8.36. The van der Waals surface area contributed by atoms with E-state index in [0.29, 0.717) is 0 Å². The molecule has 0 saturated carbocycles. The van der Waals surface area contributed by atoms with Gasteiger partial charge >= 0.3 is 0 Å². The largest absolute Gasteiger partial charge is 0.396 e. The van der Waals surface area contributed by atoms with E-state index in [-0.39, 0.29) is 12.6 Å². The molecule has 1 rings (SSSR count). The first kappa shape index (κ1) is 10.7. The average molecular weight is 244 g/mol. The molecule has 0 amide bonds. The molecule has 13 heavy (non-hydrogen) atoms. The Labute approximate surface area is 87.1 Å². The first-order chi connectivity index (χ1) is 6.27. The Morgan fingerprint density at radius 1 is 1.54 bits per heavy atom. The van der Waals surface area contributed by atoms with Gasteiger partial charge in [-0.3, -0.25) is 0 Å². The third kappa shape index (κ3) is 3.10. The second kappa shape index (κ2) is 5.37. The highest BCUT2D eigenvalue weighted by Crippen LogP contribution is 2.19. The van der Waals surface area contributed by atoms with Crippen LogP contribution < -0.4 is 5.32 Å². The molecule has 1 atom stereocenters. The zero-order valence-corrected chi connectivity index (χ0v) is 9.21. The van der Waals surface area contributed by atoms with Crippen LogP contribution in [0.4, 0.5) is 0 Å². The van der Waals surface area contributed by atoms with E-state index in [9.17, 15) is 0 Å². The molecule has 0 fully saturated rings. The lowest BCUT2D eigenvalue weighted by molar-refractivity contribution is 0.269. The Morgan fingerprint density at radius 3 is 2.85 bits per heavy atom. The SMILES string of the molecule is CNC(CCO)c1cccc(Br)c1. The summed E-state index contributed by atoms with van der Waals surface area (Å²) in [7, 11) is 1.90. The van der Waals surface area contributed by atoms with Gasteiger partial charge in [-0.15, -0.1) is 0 Å². The quantitative estimate of drug-likeness (QED) is 0.850. The van der Waals surface area contributed by atoms with Crippen molar-refractivity contribution in [2.45, 2.75) is 12.5 Å². The molecule has 0 spiro atoms. The Balaban J connectivity index is 2.78. The van der Waals surface area contributed by atoms with E-state index in [1.165, 1.54) is 5.56 Å². The standard InChI is InChI=1S/C10H14BrNO/c1-12-10(5-6-13)8-3-2-4-9(11)7-8/h2-4,7,10,12-13H,5-6H2,1H3. The number of rotatable bonds is 4. The number of benzene rings is 1. The van der Waals surface area contributed by atoms with Crippen LogP contribution in [0.5, 0.6) is 0 Å². The second-order valence-electron chi connectivity index (χ2n) is 2.91. The minimum Gasteiger partial charge on any atom is -0.396 e. The molecule has 72 valence electrons. The lowest BCUT2D eigenvalue weighted by Crippen LogP contribution is -2.17. The average Bonchev–Trinajstić information content (AvgIpc) is 2.14. The van der Waals surface area contributed by atoms with Crippen LogP contribution in [0.15, 0.2) is 28.7 Å². The van der Waals surface area contributed by atoms with Crippen molar-refractivity contribution >= 4 is 15.9 Å². The number of aliphatic hydroxyl groups excluding tert-OH is 1. The van der Waals surface area contributed by atoms with Gasteiger partial charge < -0.3 is 10.4 Å². The summed E-state index contributed by atoms with van der Waals surface area (Å²) < 4.78 is 1.07. The van der Waals surface area contributed by atoms with Crippen LogP contribution in [-0.2, 0) is 0 Å². The number of nitrogens with one attached hydrogen (secondary N) is 1. The lowest BCUT2D eigenvalue weighted by Gasteiger charge is -2.15. The first-order valence-corrected chi connectivity index (χ1v) is 5.11. The monoisotopic (exact) mass is 243 g/mol. The summed E-state index contributed by atoms with van der Waals surface area (Å²) in [6.07, 6.45) is 0.743. The highest BCUT2D eigenvalue weighted by molar-refractivity contribution is 9.10. The smallest absolute Gasteiger partial charge is 0.0449 e. The summed E-state index contributed by atoms with van der Waals surface area (Å²) in [5.41, 5.74) is 1.20. The van der Waals surface area contributed by atoms with Crippen molar-refractivity contribution in [1.82, 2.24) is 5.32 Å². The molecule has 0 radical (unpaired) electrons. The fraction of sp³-hybridized carbons (Fsp3) is 0.400. The fourth-order valence-corrected chi connectivity index (χ4v) is 1.75. The molecule has 0 heterocycles. The van der Waals surface area contributed by atoms with Crippen LogP contribution in [0.2, 0.25) is 0 Å². The second-order valence-corrected chi connectivity index (χ2v) is 3.82. The third-order valence-electron chi connectivity index (χ3n) is 2.02. The Morgan fingerprint density at radius 2 is 2.31 bits per heavy atom. The Bertz CT molecular complexity index is 265. The zero-order valence-electron chi connectivity index (χ0n) is 7.63. The van der Waals surface area contributed by atoms with Crippen molar-refractivity contribution in [2.24, 2.45) is 0 Å². The molecule has 1 aromatic rings. The van der Waals surface area contributed by atoms with Crippen LogP contribution in [0.1, 0.15) is 18.0 Å². The Hall–Kier alpha value is -0.380. The van der Waals surface area contributed by atoms with Crippen LogP contribution in [-0.4, -0.2) is 18.8 Å². The molecule has 0 aromatic heterocycles. The van der Waals surface area contributed by atoms with Crippen molar-refractivity contribution in [3.63, 3.8) is 0 Å². The minimum atomic E-state index is 0.206. The van der Waals surface area contributed by atoms with Gasteiger partial charge in [0.15, 0.2) is 0 Å². The van der Waals surface area contributed by atoms with Gasteiger partial charge in [-0.2, -0.15) is 0 Å². The third-order valence-corrected chi connectivity index (χ3v) is 2.51. The maximum atomic E-state index is 8.85. The van der Waals surface area contributed by atoms with Crippen LogP contribution >= 0.6 is 15.9 Å². The van der Waals surface area contributed by atoms with E-state index in [1.807, 2.05) is 19.2 Å². The van der Waals surface area contributed by atoms with Gasteiger partial charge in [-0.25, -0.2) is 0 Å². The van der Waals surface area contributed by atoms with E-state index in [0.717, 1.165) is 10.9 Å². The van der Waals surface area contributed by atoms with Gasteiger partial charge in [0, 0.05) is 17.1 Å². The molecule has 3 heteroatoms. The van der Waals surface area contributed by atoms with Gasteiger partial charge in [-0.05, 0) is 31.2 Å². The molecule has 0 aliphatic carbocycles. The summed E-state index contributed by atoms with van der Waals surface area (Å²) >= 11 is 3.42. The minimum absolute atomic E-state index is 0.206. The molecule has 1 unspecified atom stereocenters. The molecular formula is C10H14BrNO. The van der Waals surface area contributed by atoms with Gasteiger partial charge in [0.2, 0.25) is 0 Å². The molecule has 1 aromatic carbocycles. The molecule has 0 bridgehead atoms. The first-order valence-electron chi connectivity index (χ1n) is 4.31. The summed E-state index contributed by atoms with van der Waals surface area (Å²) in [5, 5.41) is 12.0. The van der Waals surface area contributed by atoms with E-state index < -0.39 is 0 Å². The van der Waals surface area contributed by atoms with Crippen molar-refractivity contribution in [1.29, 1.82) is 0 Å². The van der Waals surface area contributed by atoms with Gasteiger partial charge in [-0.1, -0.05) is 28.1 Å². The highest BCUT2D eigenvalue weighted by Gasteiger charge is 2.07. The zero-order chi connectivity index (χ0) is 9.68. The van der Waals surface area contributed by atoms with Crippen LogP contribution in [0.3, 0.4) is 0 Å². The van der Waals surface area contributed by atoms with Crippen molar-refractivity contribution in [2.75, 3.05) is 13.7 Å². The number of hydrogen-bond donors (Lipinski definition) is 2. The number of halogens is 1. The molecule has 2 nitrogen and oxygen atoms in total. The molecule has 2 N–H and O–H groups in total. The maximum Gasteiger partial charge on any atom is 0.0449 e. The predicted octanol–water partition coefficient (Wildman–Crippen LogP) is 2.09. The molecular weight excluding hydrogens is 230 g/mol. The summed E-state index contributed by atoms with van der Waals surface area (Å²) in [5.74, 6) is 0. The highest BCUT2D eigenvalue weighted by atomic mass is 79.9. The number of hydrogen-bond acceptors (Lipinski definition) is 2. The van der Waals surface area contributed by atoms with Crippen LogP contribution in [0, 0.1) is 0 Å². The number of aliphatic hydroxyl groups is 1. The van der Waals surface area contributed by atoms with E-state index >= 15 is 0 Å². The van der Waals surface area contributed by atoms with Crippen molar-refractivity contribution < 1.29 is 5.11 Å². The van der Waals surface area contributed by atoms with E-state index in [1.54, 1.807) is 0 Å². The van der Waals surface area contributed by atoms with Gasteiger partial charge in [0.1, 0.15) is 0 Å². The lowest BCUT2D eigenvalue weighted by atomic mass is 10.0. The molecule has 0 aliphatic heterocycles. The predicted molar refractivity (Wildman–Crippen MR) is 57.6 cm³/mol. The summed E-state index contributed by atoms with van der Waals surface area (Å²) in [6.45, 7) is 0.206. The molecule has 0 aliphatic rings.